The second-order valence-electron chi connectivity index (χ2n) is 3.09. The lowest BCUT2D eigenvalue weighted by Crippen LogP contribution is -2.03. The molecule has 1 aromatic heterocycles. The van der Waals surface area contributed by atoms with E-state index in [4.69, 9.17) is 4.18 Å². The van der Waals surface area contributed by atoms with E-state index in [9.17, 15) is 8.42 Å². The maximum absolute atomic E-state index is 10.8. The van der Waals surface area contributed by atoms with Gasteiger partial charge in [-0.15, -0.1) is 0 Å². The van der Waals surface area contributed by atoms with Gasteiger partial charge in [0.1, 0.15) is 0 Å². The predicted molar refractivity (Wildman–Crippen MR) is 52.2 cm³/mol. The van der Waals surface area contributed by atoms with Crippen LogP contribution in [0.5, 0.6) is 0 Å². The van der Waals surface area contributed by atoms with Crippen molar-refractivity contribution in [1.29, 1.82) is 0 Å². The summed E-state index contributed by atoms with van der Waals surface area (Å²) in [6.07, 6.45) is 3.57. The minimum atomic E-state index is -3.38. The Hall–Kier alpha value is -0.880. The topological polar surface area (TPSA) is 61.2 Å². The van der Waals surface area contributed by atoms with Gasteiger partial charge in [0, 0.05) is 18.8 Å². The summed E-state index contributed by atoms with van der Waals surface area (Å²) >= 11 is 0. The van der Waals surface area contributed by atoms with E-state index in [1.807, 2.05) is 6.92 Å². The van der Waals surface area contributed by atoms with Gasteiger partial charge in [-0.25, -0.2) is 0 Å². The summed E-state index contributed by atoms with van der Waals surface area (Å²) in [4.78, 5) is 0. The zero-order valence-electron chi connectivity index (χ0n) is 8.52. The quantitative estimate of drug-likeness (QED) is 0.689. The van der Waals surface area contributed by atoms with E-state index in [1.54, 1.807) is 17.9 Å². The molecular weight excluding hydrogens is 204 g/mol. The van der Waals surface area contributed by atoms with Gasteiger partial charge in [-0.3, -0.25) is 8.86 Å². The number of aromatic nitrogens is 2. The van der Waals surface area contributed by atoms with Gasteiger partial charge in [-0.1, -0.05) is 6.92 Å². The second-order valence-corrected chi connectivity index (χ2v) is 4.74. The molecule has 1 heterocycles. The molecule has 5 nitrogen and oxygen atoms in total. The first kappa shape index (κ1) is 11.2. The first-order valence-electron chi connectivity index (χ1n) is 4.28. The first-order chi connectivity index (χ1) is 6.42. The molecule has 0 aliphatic carbocycles. The SMILES string of the molecule is CCc1nn(C)cc1COS(C)(=O)=O. The molecule has 0 N–H and O–H groups in total. The fourth-order valence-corrected chi connectivity index (χ4v) is 1.51. The highest BCUT2D eigenvalue weighted by molar-refractivity contribution is 7.85. The molecule has 0 saturated carbocycles. The van der Waals surface area contributed by atoms with Gasteiger partial charge >= 0.3 is 0 Å². The Kier molecular flexibility index (Phi) is 3.28. The van der Waals surface area contributed by atoms with Crippen LogP contribution in [0.2, 0.25) is 0 Å². The van der Waals surface area contributed by atoms with Crippen LogP contribution >= 0.6 is 0 Å². The van der Waals surface area contributed by atoms with Crippen molar-refractivity contribution in [2.24, 2.45) is 7.05 Å². The third-order valence-corrected chi connectivity index (χ3v) is 2.30. The molecule has 0 radical (unpaired) electrons. The van der Waals surface area contributed by atoms with E-state index in [2.05, 4.69) is 5.10 Å². The van der Waals surface area contributed by atoms with E-state index >= 15 is 0 Å². The number of nitrogens with zero attached hydrogens (tertiary/aromatic N) is 2. The van der Waals surface area contributed by atoms with Crippen molar-refractivity contribution in [1.82, 2.24) is 9.78 Å². The van der Waals surface area contributed by atoms with Crippen molar-refractivity contribution in [3.05, 3.63) is 17.5 Å². The Bertz CT molecular complexity index is 408. The minimum Gasteiger partial charge on any atom is -0.275 e. The summed E-state index contributed by atoms with van der Waals surface area (Å²) in [5, 5.41) is 4.17. The lowest BCUT2D eigenvalue weighted by atomic mass is 10.2. The highest BCUT2D eigenvalue weighted by Crippen LogP contribution is 2.09. The van der Waals surface area contributed by atoms with Crippen LogP contribution in [0.15, 0.2) is 6.20 Å². The first-order valence-corrected chi connectivity index (χ1v) is 6.10. The summed E-state index contributed by atoms with van der Waals surface area (Å²) in [7, 11) is -1.58. The lowest BCUT2D eigenvalue weighted by Gasteiger charge is -1.99. The molecule has 0 fully saturated rings. The van der Waals surface area contributed by atoms with Crippen LogP contribution in [0, 0.1) is 0 Å². The van der Waals surface area contributed by atoms with Crippen molar-refractivity contribution in [2.75, 3.05) is 6.26 Å². The fraction of sp³-hybridized carbons (Fsp3) is 0.625. The van der Waals surface area contributed by atoms with Crippen LogP contribution in [0.3, 0.4) is 0 Å². The molecule has 0 amide bonds. The fourth-order valence-electron chi connectivity index (χ4n) is 1.17. The minimum absolute atomic E-state index is 0.0653. The zero-order chi connectivity index (χ0) is 10.8. The van der Waals surface area contributed by atoms with E-state index in [-0.39, 0.29) is 6.61 Å². The lowest BCUT2D eigenvalue weighted by molar-refractivity contribution is 0.310. The van der Waals surface area contributed by atoms with Gasteiger partial charge in [0.15, 0.2) is 0 Å². The Balaban J connectivity index is 2.76. The Morgan fingerprint density at radius 1 is 1.57 bits per heavy atom. The van der Waals surface area contributed by atoms with Gasteiger partial charge in [-0.05, 0) is 6.42 Å². The number of hydrogen-bond donors (Lipinski definition) is 0. The van der Waals surface area contributed by atoms with Gasteiger partial charge in [-0.2, -0.15) is 13.5 Å². The largest absolute Gasteiger partial charge is 0.275 e. The van der Waals surface area contributed by atoms with Gasteiger partial charge in [0.2, 0.25) is 0 Å². The summed E-state index contributed by atoms with van der Waals surface area (Å²) < 4.78 is 27.9. The van der Waals surface area contributed by atoms with Gasteiger partial charge < -0.3 is 0 Å². The van der Waals surface area contributed by atoms with Crippen LogP contribution in [-0.4, -0.2) is 24.5 Å². The highest BCUT2D eigenvalue weighted by Gasteiger charge is 2.09. The van der Waals surface area contributed by atoms with Crippen LogP contribution in [0.4, 0.5) is 0 Å². The molecule has 0 saturated heterocycles. The number of aryl methyl sites for hydroxylation is 2. The smallest absolute Gasteiger partial charge is 0.264 e. The standard InChI is InChI=1S/C8H14N2O3S/c1-4-8-7(5-10(2)9-8)6-13-14(3,11)12/h5H,4,6H2,1-3H3. The molecule has 1 rings (SSSR count). The van der Waals surface area contributed by atoms with Crippen molar-refractivity contribution in [3.63, 3.8) is 0 Å². The van der Waals surface area contributed by atoms with Crippen molar-refractivity contribution < 1.29 is 12.6 Å². The molecule has 0 atom stereocenters. The van der Waals surface area contributed by atoms with Crippen molar-refractivity contribution >= 4 is 10.1 Å². The Morgan fingerprint density at radius 2 is 2.21 bits per heavy atom. The van der Waals surface area contributed by atoms with E-state index < -0.39 is 10.1 Å². The molecule has 0 spiro atoms. The van der Waals surface area contributed by atoms with Crippen molar-refractivity contribution in [2.45, 2.75) is 20.0 Å². The van der Waals surface area contributed by atoms with Gasteiger partial charge in [0.25, 0.3) is 10.1 Å². The summed E-state index contributed by atoms with van der Waals surface area (Å²) in [5.41, 5.74) is 1.69. The van der Waals surface area contributed by atoms with Crippen LogP contribution < -0.4 is 0 Å². The summed E-state index contributed by atoms with van der Waals surface area (Å²) in [5.74, 6) is 0. The zero-order valence-corrected chi connectivity index (χ0v) is 9.34. The maximum atomic E-state index is 10.8. The average Bonchev–Trinajstić information content (AvgIpc) is 2.41. The molecular formula is C8H14N2O3S. The highest BCUT2D eigenvalue weighted by atomic mass is 32.2. The second kappa shape index (κ2) is 4.10. The number of hydrogen-bond acceptors (Lipinski definition) is 4. The Morgan fingerprint density at radius 3 is 2.71 bits per heavy atom. The molecule has 0 unspecified atom stereocenters. The molecule has 6 heteroatoms. The molecule has 0 aliphatic heterocycles. The summed E-state index contributed by atoms with van der Waals surface area (Å²) in [6.45, 7) is 2.03. The third kappa shape index (κ3) is 3.12. The van der Waals surface area contributed by atoms with E-state index in [0.717, 1.165) is 23.9 Å². The normalized spacial score (nSPS) is 11.9. The molecule has 0 bridgehead atoms. The predicted octanol–water partition coefficient (Wildman–Crippen LogP) is 0.459. The van der Waals surface area contributed by atoms with E-state index in [0.29, 0.717) is 0 Å². The number of rotatable bonds is 4. The molecule has 0 aliphatic rings. The molecule has 14 heavy (non-hydrogen) atoms. The van der Waals surface area contributed by atoms with Gasteiger partial charge in [0.05, 0.1) is 18.6 Å². The molecule has 80 valence electrons. The van der Waals surface area contributed by atoms with Crippen molar-refractivity contribution in [3.8, 4) is 0 Å². The monoisotopic (exact) mass is 218 g/mol. The molecule has 1 aromatic rings. The third-order valence-electron chi connectivity index (χ3n) is 1.76. The van der Waals surface area contributed by atoms with Crippen LogP contribution in [-0.2, 0) is 34.4 Å². The molecule has 0 aromatic carbocycles. The van der Waals surface area contributed by atoms with Crippen LogP contribution in [0.25, 0.3) is 0 Å². The Labute approximate surface area is 83.8 Å². The average molecular weight is 218 g/mol. The van der Waals surface area contributed by atoms with Crippen LogP contribution in [0.1, 0.15) is 18.2 Å². The van der Waals surface area contributed by atoms with E-state index in [1.165, 1.54) is 0 Å². The summed E-state index contributed by atoms with van der Waals surface area (Å²) in [6, 6.07) is 0. The maximum Gasteiger partial charge on any atom is 0.264 e.